The van der Waals surface area contributed by atoms with E-state index in [2.05, 4.69) is 44.9 Å². The molecular formula is C18H27N3O3Si. The van der Waals surface area contributed by atoms with Crippen LogP contribution in [0.15, 0.2) is 12.3 Å². The van der Waals surface area contributed by atoms with E-state index in [0.717, 1.165) is 0 Å². The fourth-order valence-electron chi connectivity index (χ4n) is 2.33. The van der Waals surface area contributed by atoms with Crippen LogP contribution >= 0.6 is 0 Å². The monoisotopic (exact) mass is 361 g/mol. The molecule has 136 valence electrons. The summed E-state index contributed by atoms with van der Waals surface area (Å²) in [6, 6.07) is 3.77. The van der Waals surface area contributed by atoms with Gasteiger partial charge < -0.3 is 9.16 Å². The molecule has 0 spiro atoms. The molecule has 0 aliphatic carbocycles. The number of nitrogens with zero attached hydrogens (tertiary/aromatic N) is 3. The molecule has 1 aromatic rings. The molecular weight excluding hydrogens is 334 g/mol. The summed E-state index contributed by atoms with van der Waals surface area (Å²) in [6.07, 6.45) is 1.67. The van der Waals surface area contributed by atoms with Gasteiger partial charge in [0, 0.05) is 13.0 Å². The Morgan fingerprint density at radius 3 is 2.76 bits per heavy atom. The van der Waals surface area contributed by atoms with Crippen molar-refractivity contribution in [1.29, 1.82) is 5.26 Å². The van der Waals surface area contributed by atoms with Crippen molar-refractivity contribution in [3.05, 3.63) is 23.5 Å². The van der Waals surface area contributed by atoms with Gasteiger partial charge in [-0.15, -0.1) is 0 Å². The summed E-state index contributed by atoms with van der Waals surface area (Å²) in [5.41, 5.74) is 1.72. The third-order valence-electron chi connectivity index (χ3n) is 5.09. The minimum Gasteiger partial charge on any atom is -0.444 e. The zero-order valence-electron chi connectivity index (χ0n) is 15.9. The number of carbonyl (C=O) groups excluding carboxylic acids is 1. The summed E-state index contributed by atoms with van der Waals surface area (Å²) >= 11 is 0. The van der Waals surface area contributed by atoms with Crippen LogP contribution in [0.2, 0.25) is 18.1 Å². The minimum absolute atomic E-state index is 0.159. The lowest BCUT2D eigenvalue weighted by Crippen LogP contribution is -2.41. The molecule has 25 heavy (non-hydrogen) atoms. The first-order valence-corrected chi connectivity index (χ1v) is 11.4. The van der Waals surface area contributed by atoms with Gasteiger partial charge in [0.2, 0.25) is 0 Å². The average molecular weight is 362 g/mol. The molecule has 1 fully saturated rings. The molecule has 1 saturated heterocycles. The second-order valence-corrected chi connectivity index (χ2v) is 12.8. The highest BCUT2D eigenvalue weighted by molar-refractivity contribution is 6.74. The number of aryl methyl sites for hydroxylation is 1. The number of rotatable bonds is 5. The third kappa shape index (κ3) is 4.38. The zero-order chi connectivity index (χ0) is 18.8. The number of hydrogen-bond acceptors (Lipinski definition) is 5. The normalized spacial score (nSPS) is 18.2. The highest BCUT2D eigenvalue weighted by Crippen LogP contribution is 2.36. The van der Waals surface area contributed by atoms with Crippen LogP contribution in [0.4, 0.5) is 10.5 Å². The van der Waals surface area contributed by atoms with E-state index in [1.165, 1.54) is 4.90 Å². The number of anilines is 1. The summed E-state index contributed by atoms with van der Waals surface area (Å²) in [5.74, 6) is 0. The maximum atomic E-state index is 12.1. The van der Waals surface area contributed by atoms with Gasteiger partial charge in [0.15, 0.2) is 8.32 Å². The van der Waals surface area contributed by atoms with Crippen molar-refractivity contribution in [2.45, 2.75) is 58.4 Å². The highest BCUT2D eigenvalue weighted by Gasteiger charge is 2.38. The van der Waals surface area contributed by atoms with E-state index in [1.807, 2.05) is 0 Å². The van der Waals surface area contributed by atoms with Gasteiger partial charge in [0.05, 0.1) is 29.7 Å². The van der Waals surface area contributed by atoms with Crippen LogP contribution in [-0.2, 0) is 9.16 Å². The third-order valence-corrected chi connectivity index (χ3v) is 9.63. The summed E-state index contributed by atoms with van der Waals surface area (Å²) in [7, 11) is -1.79. The van der Waals surface area contributed by atoms with Crippen LogP contribution in [0.5, 0.6) is 0 Å². The Morgan fingerprint density at radius 1 is 1.48 bits per heavy atom. The maximum Gasteiger partial charge on any atom is 0.414 e. The number of cyclic esters (lactones) is 1. The Kier molecular flexibility index (Phi) is 5.54. The van der Waals surface area contributed by atoms with Gasteiger partial charge in [0.25, 0.3) is 0 Å². The number of nitriles is 1. The molecule has 2 heterocycles. The summed E-state index contributed by atoms with van der Waals surface area (Å²) in [6.45, 7) is 13.8. The number of amides is 1. The number of carbonyl (C=O) groups is 1. The molecule has 2 rings (SSSR count). The standard InChI is InChI=1S/C18H27N3O3Si/c1-13-14(10-19)9-15(11-20-13)21-12-16(24-17(21)22)7-8-23-25(5,6)18(2,3)4/h9,11,16H,7-8,12H2,1-6H3. The molecule has 1 unspecified atom stereocenters. The van der Waals surface area contributed by atoms with Crippen LogP contribution in [0, 0.1) is 18.3 Å². The van der Waals surface area contributed by atoms with Gasteiger partial charge in [-0.1, -0.05) is 20.8 Å². The smallest absolute Gasteiger partial charge is 0.414 e. The van der Waals surface area contributed by atoms with Gasteiger partial charge in [-0.25, -0.2) is 4.79 Å². The van der Waals surface area contributed by atoms with E-state index >= 15 is 0 Å². The van der Waals surface area contributed by atoms with Crippen molar-refractivity contribution in [3.8, 4) is 6.07 Å². The minimum atomic E-state index is -1.79. The molecule has 0 bridgehead atoms. The number of hydrogen-bond donors (Lipinski definition) is 0. The van der Waals surface area contributed by atoms with Crippen LogP contribution in [0.25, 0.3) is 0 Å². The van der Waals surface area contributed by atoms with Gasteiger partial charge in [-0.2, -0.15) is 5.26 Å². The molecule has 0 aromatic carbocycles. The fraction of sp³-hybridized carbons (Fsp3) is 0.611. The number of ether oxygens (including phenoxy) is 1. The van der Waals surface area contributed by atoms with Crippen LogP contribution in [0.1, 0.15) is 38.4 Å². The predicted molar refractivity (Wildman–Crippen MR) is 99.1 cm³/mol. The van der Waals surface area contributed by atoms with Crippen molar-refractivity contribution in [2.75, 3.05) is 18.1 Å². The highest BCUT2D eigenvalue weighted by atomic mass is 28.4. The van der Waals surface area contributed by atoms with Crippen LogP contribution in [0.3, 0.4) is 0 Å². The Balaban J connectivity index is 1.96. The predicted octanol–water partition coefficient (Wildman–Crippen LogP) is 4.00. The number of pyridine rings is 1. The van der Waals surface area contributed by atoms with E-state index in [4.69, 9.17) is 14.4 Å². The lowest BCUT2D eigenvalue weighted by molar-refractivity contribution is 0.123. The Bertz CT molecular complexity index is 692. The molecule has 1 atom stereocenters. The average Bonchev–Trinajstić information content (AvgIpc) is 2.87. The molecule has 0 saturated carbocycles. The van der Waals surface area contributed by atoms with E-state index in [-0.39, 0.29) is 11.1 Å². The molecule has 1 aliphatic heterocycles. The largest absolute Gasteiger partial charge is 0.444 e. The Labute approximate surface area is 150 Å². The van der Waals surface area contributed by atoms with Gasteiger partial charge >= 0.3 is 6.09 Å². The fourth-order valence-corrected chi connectivity index (χ4v) is 3.39. The second kappa shape index (κ2) is 7.14. The molecule has 6 nitrogen and oxygen atoms in total. The van der Waals surface area contributed by atoms with Crippen molar-refractivity contribution in [1.82, 2.24) is 4.98 Å². The Hall–Kier alpha value is -1.91. The van der Waals surface area contributed by atoms with Crippen molar-refractivity contribution in [3.63, 3.8) is 0 Å². The quantitative estimate of drug-likeness (QED) is 0.741. The van der Waals surface area contributed by atoms with Crippen molar-refractivity contribution in [2.24, 2.45) is 0 Å². The first-order valence-electron chi connectivity index (χ1n) is 8.54. The van der Waals surface area contributed by atoms with Gasteiger partial charge in [-0.05, 0) is 31.1 Å². The topological polar surface area (TPSA) is 75.5 Å². The van der Waals surface area contributed by atoms with Gasteiger partial charge in [0.1, 0.15) is 12.2 Å². The molecule has 1 aliphatic rings. The van der Waals surface area contributed by atoms with Crippen LogP contribution < -0.4 is 4.90 Å². The summed E-state index contributed by atoms with van der Waals surface area (Å²) < 4.78 is 11.6. The SMILES string of the molecule is Cc1ncc(N2CC(CCO[Si](C)(C)C(C)(C)C)OC2=O)cc1C#N. The van der Waals surface area contributed by atoms with Gasteiger partial charge in [-0.3, -0.25) is 9.88 Å². The first-order chi connectivity index (χ1) is 11.5. The van der Waals surface area contributed by atoms with Crippen LogP contribution in [-0.4, -0.2) is 38.7 Å². The molecule has 1 amide bonds. The second-order valence-electron chi connectivity index (χ2n) is 7.95. The van der Waals surface area contributed by atoms with E-state index in [9.17, 15) is 4.79 Å². The van der Waals surface area contributed by atoms with E-state index < -0.39 is 14.4 Å². The summed E-state index contributed by atoms with van der Waals surface area (Å²) in [4.78, 5) is 17.9. The maximum absolute atomic E-state index is 12.1. The molecule has 0 N–H and O–H groups in total. The molecule has 0 radical (unpaired) electrons. The number of aromatic nitrogens is 1. The van der Waals surface area contributed by atoms with E-state index in [1.54, 1.807) is 19.2 Å². The first kappa shape index (κ1) is 19.4. The summed E-state index contributed by atoms with van der Waals surface area (Å²) in [5, 5.41) is 9.28. The molecule has 7 heteroatoms. The zero-order valence-corrected chi connectivity index (χ0v) is 16.9. The van der Waals surface area contributed by atoms with Crippen molar-refractivity contribution < 1.29 is 14.0 Å². The van der Waals surface area contributed by atoms with Crippen molar-refractivity contribution >= 4 is 20.1 Å². The van der Waals surface area contributed by atoms with E-state index in [0.29, 0.717) is 36.5 Å². The lowest BCUT2D eigenvalue weighted by Gasteiger charge is -2.36. The lowest BCUT2D eigenvalue weighted by atomic mass is 10.2. The molecule has 1 aromatic heterocycles. The Morgan fingerprint density at radius 2 is 2.16 bits per heavy atom.